The topological polar surface area (TPSA) is 120 Å². The lowest BCUT2D eigenvalue weighted by Crippen LogP contribution is -2.46. The van der Waals surface area contributed by atoms with E-state index in [0.29, 0.717) is 59.6 Å². The first kappa shape index (κ1) is 27.6. The SMILES string of the molecule is C=CC(=O)N1CCC(NC2c3ccc(-n4c(-c5cccnc5N)nc5ccc(-n6ccc(C7CC7)n6)nc54)cc3CC2F)CC1. The third kappa shape index (κ3) is 4.97. The summed E-state index contributed by atoms with van der Waals surface area (Å²) in [5, 5.41) is 8.35. The zero-order valence-corrected chi connectivity index (χ0v) is 24.8. The summed E-state index contributed by atoms with van der Waals surface area (Å²) in [5.74, 6) is 2.16. The van der Waals surface area contributed by atoms with Gasteiger partial charge in [-0.25, -0.2) is 24.0 Å². The Hall–Kier alpha value is -4.90. The number of fused-ring (bicyclic) bond motifs is 2. The lowest BCUT2D eigenvalue weighted by molar-refractivity contribution is -0.127. The molecular weight excluding hydrogens is 569 g/mol. The third-order valence-corrected chi connectivity index (χ3v) is 9.30. The average molecular weight is 604 g/mol. The molecule has 4 aromatic heterocycles. The molecule has 0 radical (unpaired) electrons. The van der Waals surface area contributed by atoms with E-state index < -0.39 is 12.2 Å². The first-order chi connectivity index (χ1) is 22.0. The molecule has 2 unspecified atom stereocenters. The van der Waals surface area contributed by atoms with Crippen molar-refractivity contribution in [2.45, 2.75) is 56.3 Å². The van der Waals surface area contributed by atoms with Gasteiger partial charge in [0.2, 0.25) is 5.91 Å². The van der Waals surface area contributed by atoms with Gasteiger partial charge < -0.3 is 16.0 Å². The van der Waals surface area contributed by atoms with Gasteiger partial charge in [0.05, 0.1) is 17.3 Å². The zero-order chi connectivity index (χ0) is 30.7. The molecule has 10 nitrogen and oxygen atoms in total. The number of hydrogen-bond acceptors (Lipinski definition) is 7. The summed E-state index contributed by atoms with van der Waals surface area (Å²) in [6.45, 7) is 4.87. The van der Waals surface area contributed by atoms with Crippen LogP contribution in [-0.2, 0) is 11.2 Å². The van der Waals surface area contributed by atoms with Crippen molar-refractivity contribution in [2.24, 2.45) is 0 Å². The number of rotatable bonds is 7. The van der Waals surface area contributed by atoms with E-state index >= 15 is 4.39 Å². The van der Waals surface area contributed by atoms with Gasteiger partial charge in [0.25, 0.3) is 0 Å². The number of nitrogen functional groups attached to an aromatic ring is 1. The number of aromatic nitrogens is 6. The van der Waals surface area contributed by atoms with E-state index in [0.717, 1.165) is 35.3 Å². The largest absolute Gasteiger partial charge is 0.383 e. The normalized spacial score (nSPS) is 20.1. The number of likely N-dealkylation sites (tertiary alicyclic amines) is 1. The van der Waals surface area contributed by atoms with Gasteiger partial charge in [0, 0.05) is 49.6 Å². The number of piperidine rings is 1. The minimum atomic E-state index is -1.05. The van der Waals surface area contributed by atoms with Crippen molar-refractivity contribution in [3.05, 3.63) is 90.4 Å². The molecule has 45 heavy (non-hydrogen) atoms. The summed E-state index contributed by atoms with van der Waals surface area (Å²) >= 11 is 0. The van der Waals surface area contributed by atoms with E-state index in [1.807, 2.05) is 57.9 Å². The van der Waals surface area contributed by atoms with Crippen LogP contribution in [-0.4, -0.2) is 65.4 Å². The quantitative estimate of drug-likeness (QED) is 0.256. The molecule has 2 aliphatic carbocycles. The number of imidazole rings is 1. The van der Waals surface area contributed by atoms with Crippen molar-refractivity contribution in [2.75, 3.05) is 18.8 Å². The second kappa shape index (κ2) is 10.9. The van der Waals surface area contributed by atoms with E-state index in [4.69, 9.17) is 20.8 Å². The fourth-order valence-electron chi connectivity index (χ4n) is 6.75. The molecule has 1 saturated carbocycles. The highest BCUT2D eigenvalue weighted by molar-refractivity contribution is 5.87. The van der Waals surface area contributed by atoms with E-state index in [1.165, 1.54) is 18.9 Å². The number of alkyl halides is 1. The van der Waals surface area contributed by atoms with Gasteiger partial charge in [-0.05, 0) is 85.4 Å². The number of anilines is 1. The van der Waals surface area contributed by atoms with Crippen molar-refractivity contribution in [3.8, 4) is 22.9 Å². The van der Waals surface area contributed by atoms with Gasteiger partial charge in [0.1, 0.15) is 17.5 Å². The minimum absolute atomic E-state index is 0.0516. The summed E-state index contributed by atoms with van der Waals surface area (Å²) in [6, 6.07) is 15.4. The van der Waals surface area contributed by atoms with Crippen molar-refractivity contribution in [3.63, 3.8) is 0 Å². The molecule has 5 aromatic rings. The van der Waals surface area contributed by atoms with Gasteiger partial charge in [-0.2, -0.15) is 5.10 Å². The second-order valence-electron chi connectivity index (χ2n) is 12.2. The molecule has 0 spiro atoms. The lowest BCUT2D eigenvalue weighted by Gasteiger charge is -2.34. The Morgan fingerprint density at radius 3 is 2.69 bits per heavy atom. The van der Waals surface area contributed by atoms with Crippen LogP contribution >= 0.6 is 0 Å². The highest BCUT2D eigenvalue weighted by atomic mass is 19.1. The van der Waals surface area contributed by atoms with E-state index in [9.17, 15) is 4.79 Å². The van der Waals surface area contributed by atoms with Crippen LogP contribution in [0.2, 0.25) is 0 Å². The Morgan fingerprint density at radius 2 is 1.91 bits per heavy atom. The van der Waals surface area contributed by atoms with E-state index in [-0.39, 0.29) is 11.9 Å². The molecule has 1 aliphatic heterocycles. The number of amides is 1. The average Bonchev–Trinajstić information content (AvgIpc) is 3.54. The number of benzene rings is 1. The number of pyridine rings is 2. The van der Waals surface area contributed by atoms with Crippen molar-refractivity contribution in [1.29, 1.82) is 0 Å². The number of nitrogens with zero attached hydrogens (tertiary/aromatic N) is 7. The van der Waals surface area contributed by atoms with Crippen LogP contribution in [0.5, 0.6) is 0 Å². The van der Waals surface area contributed by atoms with Crippen LogP contribution < -0.4 is 11.1 Å². The molecule has 1 amide bonds. The highest BCUT2D eigenvalue weighted by Gasteiger charge is 2.35. The van der Waals surface area contributed by atoms with E-state index in [2.05, 4.69) is 22.9 Å². The molecule has 228 valence electrons. The fourth-order valence-corrected chi connectivity index (χ4v) is 6.75. The molecular formula is C34H34FN9O. The Labute approximate surface area is 259 Å². The van der Waals surface area contributed by atoms with Crippen LogP contribution in [0.15, 0.2) is 73.6 Å². The molecule has 0 bridgehead atoms. The Bertz CT molecular complexity index is 1940. The predicted molar refractivity (Wildman–Crippen MR) is 170 cm³/mol. The molecule has 2 atom stereocenters. The van der Waals surface area contributed by atoms with Crippen LogP contribution in [0.25, 0.3) is 34.1 Å². The van der Waals surface area contributed by atoms with Crippen LogP contribution in [0.1, 0.15) is 54.5 Å². The lowest BCUT2D eigenvalue weighted by atomic mass is 10.0. The number of halogens is 1. The highest BCUT2D eigenvalue weighted by Crippen LogP contribution is 2.40. The summed E-state index contributed by atoms with van der Waals surface area (Å²) in [7, 11) is 0. The van der Waals surface area contributed by atoms with Gasteiger partial charge >= 0.3 is 0 Å². The maximum atomic E-state index is 15.6. The van der Waals surface area contributed by atoms with Gasteiger partial charge in [0.15, 0.2) is 17.3 Å². The van der Waals surface area contributed by atoms with Gasteiger partial charge in [-0.3, -0.25) is 9.36 Å². The van der Waals surface area contributed by atoms with Crippen molar-refractivity contribution in [1.82, 2.24) is 39.5 Å². The minimum Gasteiger partial charge on any atom is -0.383 e. The second-order valence-corrected chi connectivity index (χ2v) is 12.2. The van der Waals surface area contributed by atoms with Crippen LogP contribution in [0.3, 0.4) is 0 Å². The molecule has 2 fully saturated rings. The van der Waals surface area contributed by atoms with Gasteiger partial charge in [-0.15, -0.1) is 0 Å². The van der Waals surface area contributed by atoms with Crippen LogP contribution in [0.4, 0.5) is 10.2 Å². The summed E-state index contributed by atoms with van der Waals surface area (Å²) < 4.78 is 19.4. The zero-order valence-electron chi connectivity index (χ0n) is 24.8. The Balaban J connectivity index is 1.16. The molecule has 1 saturated heterocycles. The number of carbonyl (C=O) groups excluding carboxylic acids is 1. The monoisotopic (exact) mass is 603 g/mol. The number of nitrogens with one attached hydrogen (secondary N) is 1. The molecule has 3 aliphatic rings. The molecule has 8 rings (SSSR count). The maximum absolute atomic E-state index is 15.6. The predicted octanol–water partition coefficient (Wildman–Crippen LogP) is 4.83. The fraction of sp³-hybridized carbons (Fsp3) is 0.324. The Kier molecular flexibility index (Phi) is 6.71. The summed E-state index contributed by atoms with van der Waals surface area (Å²) in [6.07, 6.45) is 8.12. The smallest absolute Gasteiger partial charge is 0.245 e. The maximum Gasteiger partial charge on any atom is 0.245 e. The van der Waals surface area contributed by atoms with Crippen molar-refractivity contribution < 1.29 is 9.18 Å². The number of hydrogen-bond donors (Lipinski definition) is 2. The molecule has 11 heteroatoms. The third-order valence-electron chi connectivity index (χ3n) is 9.30. The molecule has 5 heterocycles. The first-order valence-corrected chi connectivity index (χ1v) is 15.6. The summed E-state index contributed by atoms with van der Waals surface area (Å²) in [4.78, 5) is 28.1. The van der Waals surface area contributed by atoms with Crippen LogP contribution in [0, 0.1) is 0 Å². The molecule has 1 aromatic carbocycles. The summed E-state index contributed by atoms with van der Waals surface area (Å²) in [5.41, 5.74) is 12.2. The Morgan fingerprint density at radius 1 is 1.07 bits per heavy atom. The number of nitrogens with two attached hydrogens (primary N) is 1. The standard InChI is InChI=1S/C34H34FN9O/c1-2-30(45)42-15-11-22(12-16-42)38-31-24-8-7-23(18-21(24)19-26(31)35)44-33(25-4-3-14-37-32(25)36)39-28-9-10-29(40-34(28)44)43-17-13-27(41-43)20-5-6-20/h2-4,7-10,13-14,17-18,20,22,26,31,38H,1,5-6,11-12,15-16,19H2,(H2,36,37). The van der Waals surface area contributed by atoms with Gasteiger partial charge in [-0.1, -0.05) is 12.6 Å². The van der Waals surface area contributed by atoms with E-state index in [1.54, 1.807) is 11.1 Å². The first-order valence-electron chi connectivity index (χ1n) is 15.6. The number of carbonyl (C=O) groups is 1. The molecule has 3 N–H and O–H groups in total. The van der Waals surface area contributed by atoms with Crippen molar-refractivity contribution >= 4 is 22.9 Å².